The number of sulfonamides is 1. The summed E-state index contributed by atoms with van der Waals surface area (Å²) in [6, 6.07) is 0. The van der Waals surface area contributed by atoms with Crippen LogP contribution in [-0.2, 0) is 10.0 Å². The molecule has 0 spiro atoms. The van der Waals surface area contributed by atoms with Gasteiger partial charge in [0.05, 0.1) is 19.0 Å². The van der Waals surface area contributed by atoms with Crippen molar-refractivity contribution in [3.8, 4) is 0 Å². The third-order valence-electron chi connectivity index (χ3n) is 2.71. The average molecular weight is 302 g/mol. The molecule has 0 radical (unpaired) electrons. The average Bonchev–Trinajstić information content (AvgIpc) is 2.44. The quantitative estimate of drug-likeness (QED) is 0.697. The lowest BCUT2D eigenvalue weighted by molar-refractivity contribution is 0.252. The molecular formula is C12H22N4O3S. The van der Waals surface area contributed by atoms with Crippen LogP contribution in [0.3, 0.4) is 0 Å². The van der Waals surface area contributed by atoms with E-state index in [0.717, 1.165) is 12.8 Å². The van der Waals surface area contributed by atoms with Crippen LogP contribution < -0.4 is 5.32 Å². The highest BCUT2D eigenvalue weighted by Crippen LogP contribution is 2.15. The molecule has 0 bridgehead atoms. The highest BCUT2D eigenvalue weighted by Gasteiger charge is 2.24. The van der Waals surface area contributed by atoms with E-state index in [-0.39, 0.29) is 18.0 Å². The molecular weight excluding hydrogens is 280 g/mol. The van der Waals surface area contributed by atoms with Gasteiger partial charge >= 0.3 is 0 Å². The van der Waals surface area contributed by atoms with Gasteiger partial charge in [-0.05, 0) is 13.3 Å². The van der Waals surface area contributed by atoms with Crippen molar-refractivity contribution in [3.63, 3.8) is 0 Å². The van der Waals surface area contributed by atoms with E-state index >= 15 is 0 Å². The number of aliphatic hydroxyl groups is 1. The summed E-state index contributed by atoms with van der Waals surface area (Å²) < 4.78 is 26.1. The van der Waals surface area contributed by atoms with Crippen molar-refractivity contribution in [1.29, 1.82) is 0 Å². The first-order valence-corrected chi connectivity index (χ1v) is 8.17. The molecule has 1 aromatic heterocycles. The first-order chi connectivity index (χ1) is 9.56. The van der Waals surface area contributed by atoms with Gasteiger partial charge in [0.2, 0.25) is 16.0 Å². The van der Waals surface area contributed by atoms with Gasteiger partial charge in [0, 0.05) is 19.6 Å². The zero-order valence-electron chi connectivity index (χ0n) is 11.9. The van der Waals surface area contributed by atoms with Crippen LogP contribution in [-0.4, -0.2) is 54.0 Å². The Balaban J connectivity index is 2.93. The van der Waals surface area contributed by atoms with Gasteiger partial charge in [0.25, 0.3) is 0 Å². The number of hydrogen-bond donors (Lipinski definition) is 2. The fourth-order valence-corrected chi connectivity index (χ4v) is 3.01. The van der Waals surface area contributed by atoms with Crippen LogP contribution in [0.15, 0.2) is 17.3 Å². The molecule has 0 saturated heterocycles. The molecule has 0 aliphatic carbocycles. The second kappa shape index (κ2) is 8.13. The van der Waals surface area contributed by atoms with Gasteiger partial charge < -0.3 is 10.4 Å². The smallest absolute Gasteiger partial charge is 0.246 e. The number of nitrogens with one attached hydrogen (secondary N) is 1. The first-order valence-electron chi connectivity index (χ1n) is 6.73. The fraction of sp³-hybridized carbons (Fsp3) is 0.667. The standard InChI is InChI=1S/C12H22N4O3S/c1-3-5-6-16(7-8-17)20(18,19)11-9-14-12(13-4-2)15-10-11/h9-10,17H,3-8H2,1-2H3,(H,13,14,15). The van der Waals surface area contributed by atoms with E-state index in [1.165, 1.54) is 16.7 Å². The highest BCUT2D eigenvalue weighted by molar-refractivity contribution is 7.89. The van der Waals surface area contributed by atoms with E-state index in [4.69, 9.17) is 5.11 Å². The van der Waals surface area contributed by atoms with E-state index in [1.807, 2.05) is 13.8 Å². The summed E-state index contributed by atoms with van der Waals surface area (Å²) in [5.74, 6) is 0.397. The van der Waals surface area contributed by atoms with Crippen molar-refractivity contribution in [2.45, 2.75) is 31.6 Å². The number of anilines is 1. The predicted molar refractivity (Wildman–Crippen MR) is 76.9 cm³/mol. The third-order valence-corrected chi connectivity index (χ3v) is 4.56. The minimum atomic E-state index is -3.65. The maximum Gasteiger partial charge on any atom is 0.246 e. The van der Waals surface area contributed by atoms with E-state index < -0.39 is 10.0 Å². The highest BCUT2D eigenvalue weighted by atomic mass is 32.2. The molecule has 1 aromatic rings. The summed E-state index contributed by atoms with van der Waals surface area (Å²) in [6.07, 6.45) is 4.20. The number of rotatable bonds is 9. The van der Waals surface area contributed by atoms with Crippen LogP contribution in [0.2, 0.25) is 0 Å². The topological polar surface area (TPSA) is 95.4 Å². The van der Waals surface area contributed by atoms with Crippen molar-refractivity contribution >= 4 is 16.0 Å². The number of hydrogen-bond acceptors (Lipinski definition) is 6. The molecule has 7 nitrogen and oxygen atoms in total. The molecule has 0 aliphatic rings. The third kappa shape index (κ3) is 4.39. The second-order valence-corrected chi connectivity index (χ2v) is 6.19. The largest absolute Gasteiger partial charge is 0.395 e. The predicted octanol–water partition coefficient (Wildman–Crippen LogP) is 0.691. The number of aliphatic hydroxyl groups excluding tert-OH is 1. The molecule has 0 atom stereocenters. The molecule has 0 aliphatic heterocycles. The Kier molecular flexibility index (Phi) is 6.83. The van der Waals surface area contributed by atoms with Gasteiger partial charge in [-0.25, -0.2) is 18.4 Å². The Morgan fingerprint density at radius 1 is 1.25 bits per heavy atom. The number of nitrogens with zero attached hydrogens (tertiary/aromatic N) is 3. The first kappa shape index (κ1) is 16.8. The molecule has 1 heterocycles. The van der Waals surface area contributed by atoms with Crippen LogP contribution in [0.4, 0.5) is 5.95 Å². The molecule has 0 amide bonds. The molecule has 0 unspecified atom stereocenters. The van der Waals surface area contributed by atoms with Gasteiger partial charge in [-0.1, -0.05) is 13.3 Å². The Morgan fingerprint density at radius 2 is 1.90 bits per heavy atom. The Labute approximate surface area is 120 Å². The Bertz CT molecular complexity index is 490. The molecule has 1 rings (SSSR count). The molecule has 0 saturated carbocycles. The molecule has 0 fully saturated rings. The van der Waals surface area contributed by atoms with Gasteiger partial charge in [-0.15, -0.1) is 0 Å². The fourth-order valence-electron chi connectivity index (χ4n) is 1.65. The maximum absolute atomic E-state index is 12.4. The second-order valence-electron chi connectivity index (χ2n) is 4.25. The van der Waals surface area contributed by atoms with Crippen LogP contribution in [0.5, 0.6) is 0 Å². The van der Waals surface area contributed by atoms with E-state index in [0.29, 0.717) is 19.0 Å². The monoisotopic (exact) mass is 302 g/mol. The van der Waals surface area contributed by atoms with E-state index in [1.54, 1.807) is 0 Å². The molecule has 0 aromatic carbocycles. The maximum atomic E-state index is 12.4. The zero-order valence-corrected chi connectivity index (χ0v) is 12.7. The SMILES string of the molecule is CCCCN(CCO)S(=O)(=O)c1cnc(NCC)nc1. The lowest BCUT2D eigenvalue weighted by atomic mass is 10.3. The van der Waals surface area contributed by atoms with Crippen molar-refractivity contribution < 1.29 is 13.5 Å². The summed E-state index contributed by atoms with van der Waals surface area (Å²) in [4.78, 5) is 7.98. The molecule has 2 N–H and O–H groups in total. The minimum absolute atomic E-state index is 0.0451. The van der Waals surface area contributed by atoms with E-state index in [9.17, 15) is 8.42 Å². The van der Waals surface area contributed by atoms with Crippen LogP contribution in [0.25, 0.3) is 0 Å². The number of aromatic nitrogens is 2. The lowest BCUT2D eigenvalue weighted by Crippen LogP contribution is -2.34. The molecule has 20 heavy (non-hydrogen) atoms. The van der Waals surface area contributed by atoms with Crippen LogP contribution in [0, 0.1) is 0 Å². The summed E-state index contributed by atoms with van der Waals surface area (Å²) in [5, 5.41) is 11.9. The van der Waals surface area contributed by atoms with E-state index in [2.05, 4.69) is 15.3 Å². The van der Waals surface area contributed by atoms with Gasteiger partial charge in [-0.2, -0.15) is 4.31 Å². The van der Waals surface area contributed by atoms with Crippen molar-refractivity contribution in [3.05, 3.63) is 12.4 Å². The summed E-state index contributed by atoms with van der Waals surface area (Å²) in [6.45, 7) is 4.81. The van der Waals surface area contributed by atoms with Crippen molar-refractivity contribution in [2.24, 2.45) is 0 Å². The molecule has 114 valence electrons. The summed E-state index contributed by atoms with van der Waals surface area (Å²) in [5.41, 5.74) is 0. The van der Waals surface area contributed by atoms with Gasteiger partial charge in [-0.3, -0.25) is 0 Å². The molecule has 8 heteroatoms. The summed E-state index contributed by atoms with van der Waals surface area (Å²) >= 11 is 0. The van der Waals surface area contributed by atoms with Crippen LogP contribution >= 0.6 is 0 Å². The lowest BCUT2D eigenvalue weighted by Gasteiger charge is -2.20. The Hall–Kier alpha value is -1.25. The minimum Gasteiger partial charge on any atom is -0.395 e. The van der Waals surface area contributed by atoms with Gasteiger partial charge in [0.1, 0.15) is 4.90 Å². The number of unbranched alkanes of at least 4 members (excludes halogenated alkanes) is 1. The summed E-state index contributed by atoms with van der Waals surface area (Å²) in [7, 11) is -3.65. The van der Waals surface area contributed by atoms with Crippen molar-refractivity contribution in [1.82, 2.24) is 14.3 Å². The normalized spacial score (nSPS) is 11.8. The van der Waals surface area contributed by atoms with Crippen LogP contribution in [0.1, 0.15) is 26.7 Å². The zero-order chi connectivity index (χ0) is 15.0. The van der Waals surface area contributed by atoms with Gasteiger partial charge in [0.15, 0.2) is 0 Å². The van der Waals surface area contributed by atoms with Crippen molar-refractivity contribution in [2.75, 3.05) is 31.6 Å². The Morgan fingerprint density at radius 3 is 2.40 bits per heavy atom.